The zero-order valence-corrected chi connectivity index (χ0v) is 8.81. The van der Waals surface area contributed by atoms with Crippen molar-refractivity contribution >= 4 is 5.91 Å². The van der Waals surface area contributed by atoms with Crippen molar-refractivity contribution in [2.45, 2.75) is 44.8 Å². The zero-order valence-electron chi connectivity index (χ0n) is 8.81. The number of alkyl halides is 4. The molecule has 1 aliphatic rings. The van der Waals surface area contributed by atoms with E-state index in [1.807, 2.05) is 5.32 Å². The molecule has 7 heteroatoms. The van der Waals surface area contributed by atoms with Gasteiger partial charge in [0.15, 0.2) is 0 Å². The second kappa shape index (κ2) is 3.87. The van der Waals surface area contributed by atoms with Gasteiger partial charge in [-0.2, -0.15) is 8.78 Å². The molecule has 0 aromatic rings. The molecule has 2 N–H and O–H groups in total. The lowest BCUT2D eigenvalue weighted by molar-refractivity contribution is -0.174. The topological polar surface area (TPSA) is 49.3 Å². The molecule has 1 saturated carbocycles. The fourth-order valence-corrected chi connectivity index (χ4v) is 1.50. The third kappa shape index (κ3) is 2.00. The summed E-state index contributed by atoms with van der Waals surface area (Å²) < 4.78 is 48.9. The Bertz CT molecular complexity index is 293. The predicted molar refractivity (Wildman–Crippen MR) is 47.3 cm³/mol. The summed E-state index contributed by atoms with van der Waals surface area (Å²) in [5, 5.41) is 11.1. The van der Waals surface area contributed by atoms with Crippen LogP contribution in [0.5, 0.6) is 0 Å². The van der Waals surface area contributed by atoms with Crippen molar-refractivity contribution in [3.8, 4) is 0 Å². The average molecular weight is 243 g/mol. The second-order valence-electron chi connectivity index (χ2n) is 4.52. The molecule has 0 spiro atoms. The summed E-state index contributed by atoms with van der Waals surface area (Å²) >= 11 is 0. The third-order valence-corrected chi connectivity index (χ3v) is 3.10. The van der Waals surface area contributed by atoms with Crippen LogP contribution in [0.4, 0.5) is 17.6 Å². The zero-order chi connectivity index (χ0) is 12.7. The number of rotatable bonds is 3. The van der Waals surface area contributed by atoms with Crippen LogP contribution in [0, 0.1) is 5.41 Å². The molecule has 1 fully saturated rings. The molecule has 2 unspecified atom stereocenters. The van der Waals surface area contributed by atoms with Gasteiger partial charge in [-0.1, -0.05) is 13.8 Å². The predicted octanol–water partition coefficient (Wildman–Crippen LogP) is 1.16. The summed E-state index contributed by atoms with van der Waals surface area (Å²) in [5.41, 5.74) is -0.770. The quantitative estimate of drug-likeness (QED) is 0.731. The van der Waals surface area contributed by atoms with Gasteiger partial charge in [0.25, 0.3) is 5.91 Å². The lowest BCUT2D eigenvalue weighted by Gasteiger charge is -2.49. The van der Waals surface area contributed by atoms with Gasteiger partial charge in [0.1, 0.15) is 0 Å². The Balaban J connectivity index is 2.61. The van der Waals surface area contributed by atoms with E-state index in [0.29, 0.717) is 0 Å². The van der Waals surface area contributed by atoms with Crippen molar-refractivity contribution in [1.29, 1.82) is 0 Å². The number of aliphatic hydroxyl groups excluding tert-OH is 1. The summed E-state index contributed by atoms with van der Waals surface area (Å²) in [7, 11) is 0. The van der Waals surface area contributed by atoms with E-state index in [2.05, 4.69) is 0 Å². The second-order valence-corrected chi connectivity index (χ2v) is 4.52. The maximum Gasteiger partial charge on any atom is 0.383 e. The van der Waals surface area contributed by atoms with Crippen molar-refractivity contribution in [1.82, 2.24) is 5.32 Å². The summed E-state index contributed by atoms with van der Waals surface area (Å²) in [4.78, 5) is 10.9. The first-order valence-corrected chi connectivity index (χ1v) is 4.75. The largest absolute Gasteiger partial charge is 0.392 e. The van der Waals surface area contributed by atoms with E-state index in [1.165, 1.54) is 0 Å². The van der Waals surface area contributed by atoms with Crippen molar-refractivity contribution in [3.05, 3.63) is 0 Å². The van der Waals surface area contributed by atoms with E-state index in [4.69, 9.17) is 0 Å². The van der Waals surface area contributed by atoms with Crippen LogP contribution in [0.3, 0.4) is 0 Å². The monoisotopic (exact) mass is 243 g/mol. The summed E-state index contributed by atoms with van der Waals surface area (Å²) in [5.74, 6) is -6.68. The van der Waals surface area contributed by atoms with Crippen LogP contribution in [-0.2, 0) is 4.79 Å². The van der Waals surface area contributed by atoms with Crippen LogP contribution in [0.1, 0.15) is 20.3 Å². The van der Waals surface area contributed by atoms with Gasteiger partial charge in [-0.3, -0.25) is 4.79 Å². The van der Waals surface area contributed by atoms with E-state index >= 15 is 0 Å². The highest BCUT2D eigenvalue weighted by molar-refractivity contribution is 5.84. The number of carbonyl (C=O) groups excluding carboxylic acids is 1. The van der Waals surface area contributed by atoms with Crippen molar-refractivity contribution in [3.63, 3.8) is 0 Å². The molecule has 16 heavy (non-hydrogen) atoms. The van der Waals surface area contributed by atoms with Gasteiger partial charge in [0.2, 0.25) is 0 Å². The average Bonchev–Trinajstić information content (AvgIpc) is 2.16. The molecule has 0 aliphatic heterocycles. The Hall–Kier alpha value is -0.850. The number of hydrogen-bond acceptors (Lipinski definition) is 2. The summed E-state index contributed by atoms with van der Waals surface area (Å²) in [6.07, 6.45) is -4.66. The van der Waals surface area contributed by atoms with Crippen LogP contribution < -0.4 is 5.32 Å². The minimum atomic E-state index is -4.68. The van der Waals surface area contributed by atoms with E-state index in [9.17, 15) is 27.5 Å². The lowest BCUT2D eigenvalue weighted by Crippen LogP contribution is -2.63. The smallest absolute Gasteiger partial charge is 0.383 e. The Morgan fingerprint density at radius 1 is 1.50 bits per heavy atom. The van der Waals surface area contributed by atoms with Crippen molar-refractivity contribution in [2.75, 3.05) is 0 Å². The maximum atomic E-state index is 12.6. The molecule has 2 atom stereocenters. The van der Waals surface area contributed by atoms with Gasteiger partial charge < -0.3 is 10.4 Å². The highest BCUT2D eigenvalue weighted by Crippen LogP contribution is 2.40. The SMILES string of the molecule is CC1(C)C(O)CC1NC(=O)C(F)(F)C(F)F. The summed E-state index contributed by atoms with van der Waals surface area (Å²) in [6.45, 7) is 3.12. The number of halogens is 4. The van der Waals surface area contributed by atoms with Gasteiger partial charge >= 0.3 is 12.3 Å². The molecule has 1 aliphatic carbocycles. The molecule has 94 valence electrons. The van der Waals surface area contributed by atoms with Crippen LogP contribution in [0.25, 0.3) is 0 Å². The Morgan fingerprint density at radius 2 is 2.00 bits per heavy atom. The van der Waals surface area contributed by atoms with Gasteiger partial charge in [0, 0.05) is 11.5 Å². The molecular weight excluding hydrogens is 230 g/mol. The van der Waals surface area contributed by atoms with Gasteiger partial charge in [-0.15, -0.1) is 0 Å². The van der Waals surface area contributed by atoms with Crippen molar-refractivity contribution < 1.29 is 27.5 Å². The molecule has 0 aromatic heterocycles. The van der Waals surface area contributed by atoms with Crippen LogP contribution in [0.15, 0.2) is 0 Å². The van der Waals surface area contributed by atoms with Gasteiger partial charge in [-0.05, 0) is 6.42 Å². The van der Waals surface area contributed by atoms with E-state index in [-0.39, 0.29) is 6.42 Å². The van der Waals surface area contributed by atoms with Gasteiger partial charge in [0.05, 0.1) is 6.10 Å². The summed E-state index contributed by atoms with van der Waals surface area (Å²) in [6, 6.07) is -0.709. The van der Waals surface area contributed by atoms with E-state index < -0.39 is 35.8 Å². The fourth-order valence-electron chi connectivity index (χ4n) is 1.50. The first-order chi connectivity index (χ1) is 7.10. The minimum absolute atomic E-state index is 0.0953. The lowest BCUT2D eigenvalue weighted by atomic mass is 9.64. The highest BCUT2D eigenvalue weighted by Gasteiger charge is 2.54. The molecule has 0 aromatic carbocycles. The normalized spacial score (nSPS) is 28.8. The molecular formula is C9H13F4NO2. The molecule has 1 rings (SSSR count). The molecule has 0 heterocycles. The number of aliphatic hydroxyl groups is 1. The number of hydrogen-bond donors (Lipinski definition) is 2. The molecule has 0 saturated heterocycles. The number of amides is 1. The Labute approximate surface area is 89.8 Å². The van der Waals surface area contributed by atoms with Crippen molar-refractivity contribution in [2.24, 2.45) is 5.41 Å². The van der Waals surface area contributed by atoms with E-state index in [1.54, 1.807) is 13.8 Å². The molecule has 3 nitrogen and oxygen atoms in total. The van der Waals surface area contributed by atoms with Crippen LogP contribution >= 0.6 is 0 Å². The standard InChI is InChI=1S/C9H13F4NO2/c1-8(2)4(3-5(8)15)14-7(16)9(12,13)6(10)11/h4-6,15H,3H2,1-2H3,(H,14,16). The molecule has 0 radical (unpaired) electrons. The Kier molecular flexibility index (Phi) is 3.20. The first kappa shape index (κ1) is 13.2. The fraction of sp³-hybridized carbons (Fsp3) is 0.889. The molecule has 1 amide bonds. The Morgan fingerprint density at radius 3 is 2.31 bits per heavy atom. The molecule has 0 bridgehead atoms. The van der Waals surface area contributed by atoms with E-state index in [0.717, 1.165) is 0 Å². The van der Waals surface area contributed by atoms with Crippen LogP contribution in [-0.4, -0.2) is 35.5 Å². The van der Waals surface area contributed by atoms with Crippen LogP contribution in [0.2, 0.25) is 0 Å². The first-order valence-electron chi connectivity index (χ1n) is 4.75. The highest BCUT2D eigenvalue weighted by atomic mass is 19.3. The van der Waals surface area contributed by atoms with Gasteiger partial charge in [-0.25, -0.2) is 8.78 Å². The number of carbonyl (C=O) groups is 1. The third-order valence-electron chi connectivity index (χ3n) is 3.10. The number of nitrogens with one attached hydrogen (secondary N) is 1. The minimum Gasteiger partial charge on any atom is -0.392 e. The maximum absolute atomic E-state index is 12.6.